The van der Waals surface area contributed by atoms with Gasteiger partial charge in [-0.15, -0.1) is 11.8 Å². The zero-order valence-corrected chi connectivity index (χ0v) is 11.2. The number of hydrogen-bond donors (Lipinski definition) is 0. The van der Waals surface area contributed by atoms with Crippen LogP contribution in [0.3, 0.4) is 0 Å². The molecule has 2 heteroatoms. The predicted molar refractivity (Wildman–Crippen MR) is 79.8 cm³/mol. The number of hydrogen-bond acceptors (Lipinski definition) is 2. The lowest BCUT2D eigenvalue weighted by Gasteiger charge is -2.07. The zero-order valence-electron chi connectivity index (χ0n) is 10.4. The highest BCUT2D eigenvalue weighted by Gasteiger charge is 2.01. The van der Waals surface area contributed by atoms with E-state index in [1.165, 1.54) is 5.56 Å². The molecule has 18 heavy (non-hydrogen) atoms. The summed E-state index contributed by atoms with van der Waals surface area (Å²) in [7, 11) is 1.67. The van der Waals surface area contributed by atoms with Crippen molar-refractivity contribution in [3.8, 4) is 5.75 Å². The van der Waals surface area contributed by atoms with Gasteiger partial charge < -0.3 is 4.74 Å². The summed E-state index contributed by atoms with van der Waals surface area (Å²) in [6.07, 6.45) is 0. The third-order valence-corrected chi connectivity index (χ3v) is 3.73. The molecule has 0 aliphatic rings. The van der Waals surface area contributed by atoms with Crippen LogP contribution in [-0.4, -0.2) is 7.11 Å². The van der Waals surface area contributed by atoms with Crippen LogP contribution >= 0.6 is 11.8 Å². The minimum absolute atomic E-state index is 0.875. The zero-order chi connectivity index (χ0) is 12.8. The minimum Gasteiger partial charge on any atom is -0.497 e. The van der Waals surface area contributed by atoms with Crippen molar-refractivity contribution in [1.29, 1.82) is 0 Å². The minimum atomic E-state index is 0.875. The van der Waals surface area contributed by atoms with Crippen LogP contribution in [0.5, 0.6) is 5.75 Å². The molecule has 92 valence electrons. The van der Waals surface area contributed by atoms with Crippen LogP contribution in [0.25, 0.3) is 4.91 Å². The maximum Gasteiger partial charge on any atom is 0.118 e. The summed E-state index contributed by atoms with van der Waals surface area (Å²) < 4.78 is 5.14. The highest BCUT2D eigenvalue weighted by Crippen LogP contribution is 2.29. The maximum atomic E-state index is 5.14. The van der Waals surface area contributed by atoms with Crippen molar-refractivity contribution in [3.05, 3.63) is 72.3 Å². The van der Waals surface area contributed by atoms with Crippen molar-refractivity contribution >= 4 is 16.7 Å². The molecule has 0 aliphatic heterocycles. The molecular formula is C16H16OS. The Hall–Kier alpha value is -1.67. The number of benzene rings is 2. The van der Waals surface area contributed by atoms with Gasteiger partial charge in [0.25, 0.3) is 0 Å². The van der Waals surface area contributed by atoms with Gasteiger partial charge in [0.1, 0.15) is 5.75 Å². The van der Waals surface area contributed by atoms with E-state index in [0.29, 0.717) is 0 Å². The molecule has 0 saturated carbocycles. The van der Waals surface area contributed by atoms with E-state index in [4.69, 9.17) is 4.74 Å². The van der Waals surface area contributed by atoms with Crippen molar-refractivity contribution < 1.29 is 4.74 Å². The second kappa shape index (κ2) is 6.31. The SMILES string of the molecule is C=C(SCc1ccccc1)c1ccc(OC)cc1. The molecule has 0 amide bonds. The van der Waals surface area contributed by atoms with E-state index in [1.807, 2.05) is 30.3 Å². The number of methoxy groups -OCH3 is 1. The Balaban J connectivity index is 1.95. The van der Waals surface area contributed by atoms with Crippen LogP contribution in [0.4, 0.5) is 0 Å². The molecule has 0 bridgehead atoms. The molecule has 2 aromatic rings. The Morgan fingerprint density at radius 3 is 2.33 bits per heavy atom. The summed E-state index contributed by atoms with van der Waals surface area (Å²) in [5.74, 6) is 1.82. The second-order valence-electron chi connectivity index (χ2n) is 3.93. The fraction of sp³-hybridized carbons (Fsp3) is 0.125. The molecular weight excluding hydrogens is 240 g/mol. The van der Waals surface area contributed by atoms with Crippen LogP contribution in [-0.2, 0) is 5.75 Å². The van der Waals surface area contributed by atoms with Crippen LogP contribution < -0.4 is 4.74 Å². The Labute approximate surface area is 112 Å². The summed E-state index contributed by atoms with van der Waals surface area (Å²) in [4.78, 5) is 1.08. The normalized spacial score (nSPS) is 10.1. The maximum absolute atomic E-state index is 5.14. The Bertz CT molecular complexity index is 502. The van der Waals surface area contributed by atoms with Crippen molar-refractivity contribution in [2.24, 2.45) is 0 Å². The van der Waals surface area contributed by atoms with Gasteiger partial charge in [0.15, 0.2) is 0 Å². The summed E-state index contributed by atoms with van der Waals surface area (Å²) in [5, 5.41) is 0. The lowest BCUT2D eigenvalue weighted by molar-refractivity contribution is 0.415. The van der Waals surface area contributed by atoms with Gasteiger partial charge >= 0.3 is 0 Å². The summed E-state index contributed by atoms with van der Waals surface area (Å²) in [6.45, 7) is 4.12. The molecule has 1 nitrogen and oxygen atoms in total. The molecule has 2 rings (SSSR count). The first-order chi connectivity index (χ1) is 8.79. The Morgan fingerprint density at radius 2 is 1.72 bits per heavy atom. The fourth-order valence-corrected chi connectivity index (χ4v) is 2.44. The molecule has 0 radical (unpaired) electrons. The lowest BCUT2D eigenvalue weighted by atomic mass is 10.2. The van der Waals surface area contributed by atoms with Gasteiger partial charge in [-0.2, -0.15) is 0 Å². The van der Waals surface area contributed by atoms with Crippen molar-refractivity contribution in [3.63, 3.8) is 0 Å². The standard InChI is InChI=1S/C16H16OS/c1-13(15-8-10-16(17-2)11-9-15)18-12-14-6-4-3-5-7-14/h3-11H,1,12H2,2H3. The predicted octanol–water partition coefficient (Wildman–Crippen LogP) is 4.60. The fourth-order valence-electron chi connectivity index (χ4n) is 1.60. The van der Waals surface area contributed by atoms with E-state index in [2.05, 4.69) is 30.8 Å². The van der Waals surface area contributed by atoms with Gasteiger partial charge in [-0.25, -0.2) is 0 Å². The summed E-state index contributed by atoms with van der Waals surface area (Å²) in [6, 6.07) is 18.4. The molecule has 0 atom stereocenters. The van der Waals surface area contributed by atoms with Gasteiger partial charge in [0.2, 0.25) is 0 Å². The third-order valence-electron chi connectivity index (χ3n) is 2.67. The summed E-state index contributed by atoms with van der Waals surface area (Å²) in [5.41, 5.74) is 2.47. The summed E-state index contributed by atoms with van der Waals surface area (Å²) >= 11 is 1.76. The lowest BCUT2D eigenvalue weighted by Crippen LogP contribution is -1.84. The van der Waals surface area contributed by atoms with E-state index in [1.54, 1.807) is 18.9 Å². The van der Waals surface area contributed by atoms with Gasteiger partial charge in [-0.05, 0) is 23.3 Å². The second-order valence-corrected chi connectivity index (χ2v) is 5.00. The third kappa shape index (κ3) is 3.41. The molecule has 0 saturated heterocycles. The van der Waals surface area contributed by atoms with E-state index in [9.17, 15) is 0 Å². The molecule has 0 spiro atoms. The molecule has 0 fully saturated rings. The molecule has 0 aromatic heterocycles. The average molecular weight is 256 g/mol. The van der Waals surface area contributed by atoms with E-state index < -0.39 is 0 Å². The average Bonchev–Trinajstić information content (AvgIpc) is 2.46. The Morgan fingerprint density at radius 1 is 1.06 bits per heavy atom. The molecule has 0 heterocycles. The number of thioether (sulfide) groups is 1. The highest BCUT2D eigenvalue weighted by atomic mass is 32.2. The first kappa shape index (κ1) is 12.8. The molecule has 0 N–H and O–H groups in total. The van der Waals surface area contributed by atoms with Crippen molar-refractivity contribution in [1.82, 2.24) is 0 Å². The topological polar surface area (TPSA) is 9.23 Å². The van der Waals surface area contributed by atoms with Gasteiger partial charge in [-0.3, -0.25) is 0 Å². The van der Waals surface area contributed by atoms with Crippen LogP contribution in [0.15, 0.2) is 61.2 Å². The van der Waals surface area contributed by atoms with E-state index in [0.717, 1.165) is 22.0 Å². The number of ether oxygens (including phenoxy) is 1. The first-order valence-corrected chi connectivity index (χ1v) is 6.78. The van der Waals surface area contributed by atoms with Crippen molar-refractivity contribution in [2.45, 2.75) is 5.75 Å². The highest BCUT2D eigenvalue weighted by molar-refractivity contribution is 8.07. The van der Waals surface area contributed by atoms with Crippen molar-refractivity contribution in [2.75, 3.05) is 7.11 Å². The van der Waals surface area contributed by atoms with Crippen LogP contribution in [0.2, 0.25) is 0 Å². The van der Waals surface area contributed by atoms with Crippen LogP contribution in [0.1, 0.15) is 11.1 Å². The molecule has 0 unspecified atom stereocenters. The molecule has 0 aliphatic carbocycles. The van der Waals surface area contributed by atoms with Crippen LogP contribution in [0, 0.1) is 0 Å². The molecule has 2 aromatic carbocycles. The van der Waals surface area contributed by atoms with Gasteiger partial charge in [-0.1, -0.05) is 49.0 Å². The number of rotatable bonds is 5. The van der Waals surface area contributed by atoms with E-state index >= 15 is 0 Å². The first-order valence-electron chi connectivity index (χ1n) is 5.79. The Kier molecular flexibility index (Phi) is 4.48. The largest absolute Gasteiger partial charge is 0.497 e. The smallest absolute Gasteiger partial charge is 0.118 e. The van der Waals surface area contributed by atoms with E-state index in [-0.39, 0.29) is 0 Å². The monoisotopic (exact) mass is 256 g/mol. The quantitative estimate of drug-likeness (QED) is 0.773. The van der Waals surface area contributed by atoms with Gasteiger partial charge in [0.05, 0.1) is 7.11 Å². The van der Waals surface area contributed by atoms with Gasteiger partial charge in [0, 0.05) is 10.7 Å².